The first-order valence-electron chi connectivity index (χ1n) is 5.76. The minimum absolute atomic E-state index is 0.0276. The summed E-state index contributed by atoms with van der Waals surface area (Å²) in [5, 5.41) is 9.70. The van der Waals surface area contributed by atoms with Gasteiger partial charge >= 0.3 is 5.97 Å². The second-order valence-electron chi connectivity index (χ2n) is 4.11. The average Bonchev–Trinajstić information content (AvgIpc) is 2.31. The van der Waals surface area contributed by atoms with Crippen LogP contribution in [-0.4, -0.2) is 17.4 Å². The Labute approximate surface area is 107 Å². The number of hydrogen-bond acceptors (Lipinski definition) is 4. The summed E-state index contributed by atoms with van der Waals surface area (Å²) in [7, 11) is 0. The zero-order valence-electron chi connectivity index (χ0n) is 10.9. The van der Waals surface area contributed by atoms with Gasteiger partial charge in [0, 0.05) is 12.0 Å². The maximum Gasteiger partial charge on any atom is 0.336 e. The third-order valence-corrected chi connectivity index (χ3v) is 2.29. The van der Waals surface area contributed by atoms with E-state index >= 15 is 0 Å². The van der Waals surface area contributed by atoms with Crippen LogP contribution in [0.1, 0.15) is 25.8 Å². The quantitative estimate of drug-likeness (QED) is 0.496. The van der Waals surface area contributed by atoms with Crippen LogP contribution in [0.2, 0.25) is 0 Å². The first-order chi connectivity index (χ1) is 8.43. The smallest absolute Gasteiger partial charge is 0.336 e. The van der Waals surface area contributed by atoms with E-state index in [2.05, 4.69) is 6.58 Å². The van der Waals surface area contributed by atoms with E-state index in [4.69, 9.17) is 9.47 Å². The lowest BCUT2D eigenvalue weighted by molar-refractivity contribution is -0.159. The summed E-state index contributed by atoms with van der Waals surface area (Å²) in [6.45, 7) is 8.75. The molecule has 1 N–H and O–H groups in total. The lowest BCUT2D eigenvalue weighted by Gasteiger charge is -2.18. The highest BCUT2D eigenvalue weighted by atomic mass is 16.7. The maximum atomic E-state index is 11.4. The van der Waals surface area contributed by atoms with E-state index in [9.17, 15) is 9.90 Å². The van der Waals surface area contributed by atoms with Crippen molar-refractivity contribution in [3.63, 3.8) is 0 Å². The number of phenols is 1. The van der Waals surface area contributed by atoms with Gasteiger partial charge in [-0.3, -0.25) is 0 Å². The van der Waals surface area contributed by atoms with Crippen molar-refractivity contribution in [2.75, 3.05) is 0 Å². The first kappa shape index (κ1) is 14.1. The van der Waals surface area contributed by atoms with E-state index in [0.717, 1.165) is 5.56 Å². The molecule has 0 aromatic heterocycles. The minimum Gasteiger partial charge on any atom is -0.504 e. The van der Waals surface area contributed by atoms with Crippen molar-refractivity contribution in [1.82, 2.24) is 0 Å². The van der Waals surface area contributed by atoms with Crippen LogP contribution in [0.15, 0.2) is 30.4 Å². The maximum absolute atomic E-state index is 11.4. The van der Waals surface area contributed by atoms with Crippen molar-refractivity contribution in [3.8, 4) is 11.5 Å². The number of carbonyl (C=O) groups is 1. The van der Waals surface area contributed by atoms with Crippen LogP contribution in [0.3, 0.4) is 0 Å². The van der Waals surface area contributed by atoms with Crippen molar-refractivity contribution in [2.45, 2.75) is 33.5 Å². The fourth-order valence-corrected chi connectivity index (χ4v) is 1.28. The minimum atomic E-state index is -0.734. The van der Waals surface area contributed by atoms with Crippen LogP contribution in [0.25, 0.3) is 0 Å². The molecule has 1 aromatic rings. The summed E-state index contributed by atoms with van der Waals surface area (Å²) < 4.78 is 10.5. The number of aromatic hydroxyl groups is 1. The van der Waals surface area contributed by atoms with Crippen LogP contribution in [-0.2, 0) is 9.53 Å². The van der Waals surface area contributed by atoms with E-state index < -0.39 is 12.3 Å². The molecule has 4 nitrogen and oxygen atoms in total. The highest BCUT2D eigenvalue weighted by Gasteiger charge is 2.16. The Bertz CT molecular complexity index is 451. The Morgan fingerprint density at radius 1 is 1.50 bits per heavy atom. The Morgan fingerprint density at radius 3 is 2.67 bits per heavy atom. The van der Waals surface area contributed by atoms with Crippen LogP contribution >= 0.6 is 0 Å². The van der Waals surface area contributed by atoms with Gasteiger partial charge in [0.1, 0.15) is 0 Å². The van der Waals surface area contributed by atoms with E-state index in [1.54, 1.807) is 19.1 Å². The zero-order valence-corrected chi connectivity index (χ0v) is 10.9. The van der Waals surface area contributed by atoms with E-state index in [1.807, 2.05) is 19.9 Å². The Hall–Kier alpha value is -1.97. The van der Waals surface area contributed by atoms with Gasteiger partial charge in [-0.1, -0.05) is 19.6 Å². The molecule has 0 radical (unpaired) electrons. The molecule has 1 aromatic carbocycles. The molecular weight excluding hydrogens is 232 g/mol. The van der Waals surface area contributed by atoms with Crippen LogP contribution in [0.4, 0.5) is 0 Å². The van der Waals surface area contributed by atoms with Gasteiger partial charge < -0.3 is 14.6 Å². The van der Waals surface area contributed by atoms with Crippen molar-refractivity contribution < 1.29 is 19.4 Å². The molecule has 0 aliphatic carbocycles. The van der Waals surface area contributed by atoms with E-state index in [0.29, 0.717) is 17.7 Å². The molecule has 4 heteroatoms. The molecule has 1 unspecified atom stereocenters. The number of ether oxygens (including phenoxy) is 2. The zero-order chi connectivity index (χ0) is 13.7. The molecule has 0 bridgehead atoms. The van der Waals surface area contributed by atoms with Gasteiger partial charge in [-0.15, -0.1) is 0 Å². The van der Waals surface area contributed by atoms with Gasteiger partial charge in [0.25, 0.3) is 0 Å². The molecule has 0 saturated heterocycles. The molecular formula is C14H18O4. The number of esters is 1. The number of carbonyl (C=O) groups excluding carboxylic acids is 1. The average molecular weight is 250 g/mol. The molecule has 0 fully saturated rings. The summed E-state index contributed by atoms with van der Waals surface area (Å²) >= 11 is 0. The predicted octanol–water partition coefficient (Wildman–Crippen LogP) is 2.93. The van der Waals surface area contributed by atoms with Gasteiger partial charge in [-0.25, -0.2) is 4.79 Å². The van der Waals surface area contributed by atoms with Gasteiger partial charge in [-0.2, -0.15) is 0 Å². The normalized spacial score (nSPS) is 11.7. The van der Waals surface area contributed by atoms with Gasteiger partial charge in [0.15, 0.2) is 11.5 Å². The van der Waals surface area contributed by atoms with E-state index in [-0.39, 0.29) is 5.75 Å². The molecule has 98 valence electrons. The SMILES string of the molecule is C=C(C)C(=O)OC(CC)Oc1ccc(C)cc1O. The molecule has 1 atom stereocenters. The Morgan fingerprint density at radius 2 is 2.17 bits per heavy atom. The predicted molar refractivity (Wildman–Crippen MR) is 68.5 cm³/mol. The molecule has 0 aliphatic rings. The second kappa shape index (κ2) is 6.10. The number of benzene rings is 1. The summed E-state index contributed by atoms with van der Waals surface area (Å²) in [5.74, 6) is -0.185. The fraction of sp³-hybridized carbons (Fsp3) is 0.357. The van der Waals surface area contributed by atoms with Crippen molar-refractivity contribution in [1.29, 1.82) is 0 Å². The number of aryl methyl sites for hydroxylation is 1. The lowest BCUT2D eigenvalue weighted by Crippen LogP contribution is -2.23. The Balaban J connectivity index is 2.73. The summed E-state index contributed by atoms with van der Waals surface area (Å²) in [5.41, 5.74) is 1.23. The fourth-order valence-electron chi connectivity index (χ4n) is 1.28. The van der Waals surface area contributed by atoms with E-state index in [1.165, 1.54) is 0 Å². The van der Waals surface area contributed by atoms with Gasteiger partial charge in [0.05, 0.1) is 0 Å². The Kier molecular flexibility index (Phi) is 4.77. The molecule has 0 spiro atoms. The topological polar surface area (TPSA) is 55.8 Å². The van der Waals surface area contributed by atoms with Gasteiger partial charge in [-0.05, 0) is 31.5 Å². The van der Waals surface area contributed by atoms with Crippen molar-refractivity contribution >= 4 is 5.97 Å². The number of phenolic OH excluding ortho intramolecular Hbond substituents is 1. The first-order valence-corrected chi connectivity index (χ1v) is 5.76. The highest BCUT2D eigenvalue weighted by Crippen LogP contribution is 2.28. The molecule has 18 heavy (non-hydrogen) atoms. The third kappa shape index (κ3) is 3.80. The van der Waals surface area contributed by atoms with Crippen molar-refractivity contribution in [2.24, 2.45) is 0 Å². The number of hydrogen-bond donors (Lipinski definition) is 1. The van der Waals surface area contributed by atoms with Crippen LogP contribution in [0, 0.1) is 6.92 Å². The molecule has 0 saturated carbocycles. The third-order valence-electron chi connectivity index (χ3n) is 2.29. The lowest BCUT2D eigenvalue weighted by atomic mass is 10.2. The molecule has 0 aliphatic heterocycles. The molecule has 0 heterocycles. The van der Waals surface area contributed by atoms with Gasteiger partial charge in [0.2, 0.25) is 6.29 Å². The highest BCUT2D eigenvalue weighted by molar-refractivity contribution is 5.87. The van der Waals surface area contributed by atoms with Crippen LogP contribution < -0.4 is 4.74 Å². The largest absolute Gasteiger partial charge is 0.504 e. The monoisotopic (exact) mass is 250 g/mol. The molecule has 1 rings (SSSR count). The summed E-state index contributed by atoms with van der Waals surface area (Å²) in [4.78, 5) is 11.4. The second-order valence-corrected chi connectivity index (χ2v) is 4.11. The molecule has 0 amide bonds. The summed E-state index contributed by atoms with van der Waals surface area (Å²) in [6.07, 6.45) is -0.255. The standard InChI is InChI=1S/C14H18O4/c1-5-13(18-14(16)9(2)3)17-12-7-6-10(4)8-11(12)15/h6-8,13,15H,2,5H2,1,3-4H3. The van der Waals surface area contributed by atoms with Crippen LogP contribution in [0.5, 0.6) is 11.5 Å². The van der Waals surface area contributed by atoms with Crippen molar-refractivity contribution in [3.05, 3.63) is 35.9 Å². The summed E-state index contributed by atoms with van der Waals surface area (Å²) in [6, 6.07) is 5.03. The number of rotatable bonds is 5.